The SMILES string of the molecule is CCCCCCCCCCC(CCCCCCCCCC)CCCCCc1c2c(=O)n3cccc3c(CCCCCC(CCCCCCCCCC)CCCCCCCCCC)c2c(=O)n2cccc12. The molecule has 4 aromatic heterocycles. The Morgan fingerprint density at radius 3 is 0.800 bits per heavy atom. The van der Waals surface area contributed by atoms with Gasteiger partial charge in [0.15, 0.2) is 0 Å². The minimum Gasteiger partial charge on any atom is -0.283 e. The molecule has 4 nitrogen and oxygen atoms in total. The lowest BCUT2D eigenvalue weighted by atomic mass is 9.89. The highest BCUT2D eigenvalue weighted by molar-refractivity contribution is 5.95. The number of fused-ring (bicyclic) bond motifs is 3. The van der Waals surface area contributed by atoms with E-state index in [0.29, 0.717) is 10.8 Å². The normalized spacial score (nSPS) is 12.1. The summed E-state index contributed by atoms with van der Waals surface area (Å²) in [5, 5.41) is 1.40. The minimum atomic E-state index is -0.00454. The van der Waals surface area contributed by atoms with Gasteiger partial charge in [0.25, 0.3) is 11.1 Å². The Morgan fingerprint density at radius 2 is 0.543 bits per heavy atom. The van der Waals surface area contributed by atoms with Crippen molar-refractivity contribution in [1.82, 2.24) is 8.80 Å². The molecule has 0 aromatic carbocycles. The molecule has 0 spiro atoms. The zero-order chi connectivity index (χ0) is 49.7. The predicted molar refractivity (Wildman–Crippen MR) is 310 cm³/mol. The molecule has 4 aromatic rings. The molecule has 4 rings (SSSR count). The molecule has 70 heavy (non-hydrogen) atoms. The summed E-state index contributed by atoms with van der Waals surface area (Å²) < 4.78 is 3.73. The molecule has 0 N–H and O–H groups in total. The number of pyridine rings is 2. The fourth-order valence-corrected chi connectivity index (χ4v) is 12.3. The molecule has 0 radical (unpaired) electrons. The Bertz CT molecular complexity index is 1790. The lowest BCUT2D eigenvalue weighted by molar-refractivity contribution is 0.366. The van der Waals surface area contributed by atoms with Crippen LogP contribution >= 0.6 is 0 Å². The maximum Gasteiger partial charge on any atom is 0.263 e. The zero-order valence-corrected chi connectivity index (χ0v) is 46.9. The first kappa shape index (κ1) is 59.9. The number of unbranched alkanes of at least 4 members (excludes halogenated alkanes) is 32. The largest absolute Gasteiger partial charge is 0.283 e. The third-order valence-corrected chi connectivity index (χ3v) is 16.8. The van der Waals surface area contributed by atoms with E-state index in [1.54, 1.807) is 0 Å². The molecular formula is C66H112N2O2. The van der Waals surface area contributed by atoms with Gasteiger partial charge in [-0.05, 0) is 72.9 Å². The summed E-state index contributed by atoms with van der Waals surface area (Å²) in [6.45, 7) is 9.25. The molecule has 0 aliphatic rings. The molecule has 4 heterocycles. The monoisotopic (exact) mass is 965 g/mol. The van der Waals surface area contributed by atoms with Crippen molar-refractivity contribution in [3.63, 3.8) is 0 Å². The van der Waals surface area contributed by atoms with Crippen LogP contribution in [0.25, 0.3) is 21.8 Å². The third kappa shape index (κ3) is 22.7. The van der Waals surface area contributed by atoms with Crippen LogP contribution < -0.4 is 11.1 Å². The highest BCUT2D eigenvalue weighted by Gasteiger charge is 2.22. The Balaban J connectivity index is 1.36. The molecule has 0 bridgehead atoms. The topological polar surface area (TPSA) is 43.0 Å². The first-order valence-corrected chi connectivity index (χ1v) is 31.5. The van der Waals surface area contributed by atoms with Crippen LogP contribution in [0.2, 0.25) is 0 Å². The van der Waals surface area contributed by atoms with Gasteiger partial charge in [-0.2, -0.15) is 0 Å². The highest BCUT2D eigenvalue weighted by atomic mass is 16.1. The van der Waals surface area contributed by atoms with Gasteiger partial charge in [0.1, 0.15) is 0 Å². The number of aryl methyl sites for hydroxylation is 2. The van der Waals surface area contributed by atoms with Gasteiger partial charge >= 0.3 is 0 Å². The fraction of sp³-hybridized carbons (Fsp3) is 0.788. The van der Waals surface area contributed by atoms with E-state index >= 15 is 0 Å². The predicted octanol–water partition coefficient (Wildman–Crippen LogP) is 21.1. The van der Waals surface area contributed by atoms with Gasteiger partial charge in [0.2, 0.25) is 0 Å². The number of hydrogen-bond acceptors (Lipinski definition) is 2. The minimum absolute atomic E-state index is 0.00454. The Labute approximate surface area is 432 Å². The molecule has 0 amide bonds. The van der Waals surface area contributed by atoms with Crippen LogP contribution in [0, 0.1) is 11.8 Å². The molecule has 0 atom stereocenters. The van der Waals surface area contributed by atoms with Crippen molar-refractivity contribution in [1.29, 1.82) is 0 Å². The first-order valence-electron chi connectivity index (χ1n) is 31.5. The van der Waals surface area contributed by atoms with E-state index in [1.165, 1.54) is 270 Å². The number of aromatic nitrogens is 2. The van der Waals surface area contributed by atoms with E-state index in [9.17, 15) is 9.59 Å². The molecule has 0 aliphatic heterocycles. The Morgan fingerprint density at radius 1 is 0.314 bits per heavy atom. The van der Waals surface area contributed by atoms with Crippen molar-refractivity contribution in [3.05, 3.63) is 68.5 Å². The maximum absolute atomic E-state index is 14.5. The number of nitrogens with zero attached hydrogens (tertiary/aromatic N) is 2. The molecule has 0 saturated carbocycles. The first-order chi connectivity index (χ1) is 34.5. The van der Waals surface area contributed by atoms with Crippen LogP contribution in [-0.4, -0.2) is 8.80 Å². The van der Waals surface area contributed by atoms with E-state index in [0.717, 1.165) is 59.7 Å². The summed E-state index contributed by atoms with van der Waals surface area (Å²) in [5.41, 5.74) is 4.06. The fourth-order valence-electron chi connectivity index (χ4n) is 12.3. The summed E-state index contributed by atoms with van der Waals surface area (Å²) in [6, 6.07) is 8.18. The molecule has 0 saturated heterocycles. The van der Waals surface area contributed by atoms with E-state index in [1.807, 2.05) is 33.3 Å². The van der Waals surface area contributed by atoms with Crippen molar-refractivity contribution < 1.29 is 0 Å². The molecule has 398 valence electrons. The van der Waals surface area contributed by atoms with Gasteiger partial charge in [-0.25, -0.2) is 0 Å². The second kappa shape index (κ2) is 38.9. The van der Waals surface area contributed by atoms with Gasteiger partial charge in [0.05, 0.1) is 21.8 Å². The molecular weight excluding hydrogens is 853 g/mol. The van der Waals surface area contributed by atoms with Crippen LogP contribution in [0.15, 0.2) is 46.2 Å². The van der Waals surface area contributed by atoms with Gasteiger partial charge in [-0.1, -0.05) is 297 Å². The second-order valence-corrected chi connectivity index (χ2v) is 22.8. The Hall–Kier alpha value is -2.62. The van der Waals surface area contributed by atoms with Gasteiger partial charge in [-0.15, -0.1) is 0 Å². The van der Waals surface area contributed by atoms with E-state index < -0.39 is 0 Å². The van der Waals surface area contributed by atoms with Gasteiger partial charge in [0, 0.05) is 12.4 Å². The van der Waals surface area contributed by atoms with Crippen LogP contribution in [0.1, 0.15) is 321 Å². The van der Waals surface area contributed by atoms with Gasteiger partial charge in [-0.3, -0.25) is 18.4 Å². The molecule has 4 heteroatoms. The lowest BCUT2D eigenvalue weighted by Crippen LogP contribution is -2.23. The van der Waals surface area contributed by atoms with Crippen LogP contribution in [0.3, 0.4) is 0 Å². The highest BCUT2D eigenvalue weighted by Crippen LogP contribution is 2.30. The smallest absolute Gasteiger partial charge is 0.263 e. The molecule has 0 fully saturated rings. The molecule has 0 unspecified atom stereocenters. The van der Waals surface area contributed by atoms with Crippen molar-refractivity contribution in [2.75, 3.05) is 0 Å². The van der Waals surface area contributed by atoms with Gasteiger partial charge < -0.3 is 0 Å². The summed E-state index contributed by atoms with van der Waals surface area (Å²) in [7, 11) is 0. The van der Waals surface area contributed by atoms with E-state index in [4.69, 9.17) is 0 Å². The number of hydrogen-bond donors (Lipinski definition) is 0. The van der Waals surface area contributed by atoms with Crippen LogP contribution in [0.5, 0.6) is 0 Å². The lowest BCUT2D eigenvalue weighted by Gasteiger charge is -2.18. The van der Waals surface area contributed by atoms with Crippen LogP contribution in [0.4, 0.5) is 0 Å². The Kier molecular flexibility index (Phi) is 33.3. The van der Waals surface area contributed by atoms with E-state index in [-0.39, 0.29) is 11.1 Å². The summed E-state index contributed by atoms with van der Waals surface area (Å²) in [4.78, 5) is 29.0. The summed E-state index contributed by atoms with van der Waals surface area (Å²) in [6.07, 6.45) is 65.7. The van der Waals surface area contributed by atoms with Crippen molar-refractivity contribution in [2.24, 2.45) is 11.8 Å². The average molecular weight is 966 g/mol. The van der Waals surface area contributed by atoms with Crippen molar-refractivity contribution in [3.8, 4) is 0 Å². The van der Waals surface area contributed by atoms with Crippen molar-refractivity contribution in [2.45, 2.75) is 323 Å². The quantitative estimate of drug-likeness (QED) is 0.0414. The third-order valence-electron chi connectivity index (χ3n) is 16.8. The number of rotatable bonds is 48. The molecule has 0 aliphatic carbocycles. The van der Waals surface area contributed by atoms with Crippen molar-refractivity contribution >= 4 is 21.8 Å². The zero-order valence-electron chi connectivity index (χ0n) is 46.9. The average Bonchev–Trinajstić information content (AvgIpc) is 4.08. The van der Waals surface area contributed by atoms with Crippen LogP contribution in [-0.2, 0) is 12.8 Å². The summed E-state index contributed by atoms with van der Waals surface area (Å²) in [5.74, 6) is 1.71. The second-order valence-electron chi connectivity index (χ2n) is 22.8. The maximum atomic E-state index is 14.5. The summed E-state index contributed by atoms with van der Waals surface area (Å²) >= 11 is 0. The standard InChI is InChI=1S/C66H112N2O2/c1-5-9-13-17-21-25-29-35-45-57(46-36-30-26-22-18-14-10-6-2)49-39-33-41-51-59-61-53-43-55-67(61)66(70)64-60(62-54-44-56-68(62)65(69)63(59)64)52-42-34-40-50-58(47-37-31-27-23-19-15-11-7-3)48-38-32-28-24-20-16-12-8-4/h43-44,53-58H,5-42,45-52H2,1-4H3. The van der Waals surface area contributed by atoms with E-state index in [2.05, 4.69) is 39.8 Å².